The average Bonchev–Trinajstić information content (AvgIpc) is 3.20. The molecule has 6 nitrogen and oxygen atoms in total. The van der Waals surface area contributed by atoms with Crippen LogP contribution < -0.4 is 10.6 Å². The van der Waals surface area contributed by atoms with E-state index in [1.165, 1.54) is 6.33 Å². The minimum absolute atomic E-state index is 0.0779. The van der Waals surface area contributed by atoms with Gasteiger partial charge in [0.2, 0.25) is 5.13 Å². The summed E-state index contributed by atoms with van der Waals surface area (Å²) < 4.78 is 3.81. The Labute approximate surface area is 132 Å². The summed E-state index contributed by atoms with van der Waals surface area (Å²) in [5, 5.41) is 5.72. The molecule has 2 amide bonds. The molecule has 1 saturated carbocycles. The lowest BCUT2D eigenvalue weighted by molar-refractivity contribution is 0.0924. The van der Waals surface area contributed by atoms with Crippen molar-refractivity contribution >= 4 is 34.2 Å². The number of nitrogens with one attached hydrogen (secondary N) is 2. The van der Waals surface area contributed by atoms with Crippen LogP contribution in [0.3, 0.4) is 0 Å². The second kappa shape index (κ2) is 6.65. The van der Waals surface area contributed by atoms with Crippen molar-refractivity contribution in [2.45, 2.75) is 25.7 Å². The number of amides is 2. The first-order chi connectivity index (χ1) is 10.7. The summed E-state index contributed by atoms with van der Waals surface area (Å²) in [6.07, 6.45) is 5.44. The van der Waals surface area contributed by atoms with Gasteiger partial charge in [0, 0.05) is 23.0 Å². The monoisotopic (exact) mass is 316 g/mol. The molecule has 0 saturated heterocycles. The molecule has 0 atom stereocenters. The number of benzene rings is 1. The Morgan fingerprint density at radius 1 is 1.14 bits per heavy atom. The van der Waals surface area contributed by atoms with E-state index in [-0.39, 0.29) is 11.7 Å². The van der Waals surface area contributed by atoms with Crippen LogP contribution in [0.25, 0.3) is 0 Å². The second-order valence-electron chi connectivity index (χ2n) is 5.22. The van der Waals surface area contributed by atoms with Crippen molar-refractivity contribution in [1.29, 1.82) is 0 Å². The largest absolute Gasteiger partial charge is 0.325 e. The van der Waals surface area contributed by atoms with Gasteiger partial charge < -0.3 is 5.32 Å². The highest BCUT2D eigenvalue weighted by Gasteiger charge is 2.25. The lowest BCUT2D eigenvalue weighted by Gasteiger charge is -2.13. The van der Waals surface area contributed by atoms with Crippen molar-refractivity contribution in [3.63, 3.8) is 0 Å². The number of aromatic nitrogens is 2. The fraction of sp³-hybridized carbons (Fsp3) is 0.333. The molecule has 22 heavy (non-hydrogen) atoms. The molecule has 1 aromatic heterocycles. The first-order valence-corrected chi connectivity index (χ1v) is 7.99. The van der Waals surface area contributed by atoms with Crippen LogP contribution in [-0.4, -0.2) is 21.2 Å². The predicted molar refractivity (Wildman–Crippen MR) is 85.3 cm³/mol. The van der Waals surface area contributed by atoms with Crippen molar-refractivity contribution in [1.82, 2.24) is 9.36 Å². The Morgan fingerprint density at radius 2 is 1.91 bits per heavy atom. The number of nitrogens with zero attached hydrogens (tertiary/aromatic N) is 2. The fourth-order valence-electron chi connectivity index (χ4n) is 2.69. The summed E-state index contributed by atoms with van der Waals surface area (Å²) >= 11 is 1.09. The van der Waals surface area contributed by atoms with E-state index in [9.17, 15) is 9.59 Å². The highest BCUT2D eigenvalue weighted by molar-refractivity contribution is 7.09. The summed E-state index contributed by atoms with van der Waals surface area (Å²) in [5.41, 5.74) is 1.10. The van der Waals surface area contributed by atoms with Gasteiger partial charge in [0.15, 0.2) is 5.78 Å². The minimum Gasteiger partial charge on any atom is -0.307 e. The molecule has 2 aromatic rings. The Bertz CT molecular complexity index is 666. The lowest BCUT2D eigenvalue weighted by atomic mass is 9.95. The van der Waals surface area contributed by atoms with Crippen molar-refractivity contribution < 1.29 is 9.59 Å². The molecule has 0 unspecified atom stereocenters. The number of carbonyl (C=O) groups excluding carboxylic acids is 2. The van der Waals surface area contributed by atoms with E-state index < -0.39 is 6.03 Å². The van der Waals surface area contributed by atoms with Gasteiger partial charge in [0.05, 0.1) is 5.69 Å². The van der Waals surface area contributed by atoms with E-state index in [0.29, 0.717) is 16.4 Å². The molecule has 3 rings (SSSR count). The molecule has 0 bridgehead atoms. The molecule has 0 radical (unpaired) electrons. The number of Topliss-reactive ketones (excluding diaryl/α,β-unsaturated/α-hetero) is 1. The Morgan fingerprint density at radius 3 is 2.64 bits per heavy atom. The average molecular weight is 316 g/mol. The van der Waals surface area contributed by atoms with Crippen LogP contribution in [-0.2, 0) is 0 Å². The SMILES string of the molecule is O=C(Nc1ncns1)Nc1ccccc1C(=O)C1CCCC1. The van der Waals surface area contributed by atoms with E-state index in [2.05, 4.69) is 20.0 Å². The van der Waals surface area contributed by atoms with Crippen LogP contribution in [0.5, 0.6) is 0 Å². The van der Waals surface area contributed by atoms with Gasteiger partial charge in [-0.2, -0.15) is 4.37 Å². The van der Waals surface area contributed by atoms with E-state index >= 15 is 0 Å². The zero-order chi connectivity index (χ0) is 15.4. The number of ketones is 1. The van der Waals surface area contributed by atoms with Crippen molar-refractivity contribution in [3.8, 4) is 0 Å². The Balaban J connectivity index is 1.73. The Hall–Kier alpha value is -2.28. The summed E-state index contributed by atoms with van der Waals surface area (Å²) in [6, 6.07) is 6.69. The molecular weight excluding hydrogens is 300 g/mol. The number of anilines is 2. The zero-order valence-corrected chi connectivity index (χ0v) is 12.7. The van der Waals surface area contributed by atoms with Crippen LogP contribution in [0.2, 0.25) is 0 Å². The topological polar surface area (TPSA) is 84.0 Å². The number of rotatable bonds is 4. The molecule has 2 N–H and O–H groups in total. The van der Waals surface area contributed by atoms with E-state index in [1.54, 1.807) is 18.2 Å². The van der Waals surface area contributed by atoms with Gasteiger partial charge in [-0.1, -0.05) is 25.0 Å². The first kappa shape index (κ1) is 14.6. The third-order valence-corrected chi connectivity index (χ3v) is 4.33. The third-order valence-electron chi connectivity index (χ3n) is 3.75. The van der Waals surface area contributed by atoms with Crippen LogP contribution in [0.1, 0.15) is 36.0 Å². The summed E-state index contributed by atoms with van der Waals surface area (Å²) in [5.74, 6) is 0.193. The summed E-state index contributed by atoms with van der Waals surface area (Å²) in [7, 11) is 0. The number of hydrogen-bond acceptors (Lipinski definition) is 5. The molecule has 1 aliphatic carbocycles. The van der Waals surface area contributed by atoms with E-state index in [4.69, 9.17) is 0 Å². The van der Waals surface area contributed by atoms with Crippen molar-refractivity contribution in [3.05, 3.63) is 36.2 Å². The highest BCUT2D eigenvalue weighted by atomic mass is 32.1. The smallest absolute Gasteiger partial charge is 0.307 e. The fourth-order valence-corrected chi connectivity index (χ4v) is 3.12. The molecule has 0 spiro atoms. The van der Waals surface area contributed by atoms with Crippen molar-refractivity contribution in [2.24, 2.45) is 5.92 Å². The quantitative estimate of drug-likeness (QED) is 0.845. The van der Waals surface area contributed by atoms with Crippen LogP contribution in [0.4, 0.5) is 15.6 Å². The third kappa shape index (κ3) is 3.30. The highest BCUT2D eigenvalue weighted by Crippen LogP contribution is 2.30. The zero-order valence-electron chi connectivity index (χ0n) is 11.9. The van der Waals surface area contributed by atoms with Gasteiger partial charge in [0.1, 0.15) is 6.33 Å². The molecule has 1 fully saturated rings. The number of carbonyl (C=O) groups is 2. The number of para-hydroxylation sites is 1. The van der Waals surface area contributed by atoms with Gasteiger partial charge in [-0.25, -0.2) is 9.78 Å². The maximum Gasteiger partial charge on any atom is 0.325 e. The second-order valence-corrected chi connectivity index (χ2v) is 6.00. The van der Waals surface area contributed by atoms with Gasteiger partial charge in [-0.15, -0.1) is 0 Å². The molecule has 1 heterocycles. The van der Waals surface area contributed by atoms with E-state index in [1.807, 2.05) is 6.07 Å². The number of urea groups is 1. The maximum absolute atomic E-state index is 12.6. The van der Waals surface area contributed by atoms with Crippen LogP contribution in [0, 0.1) is 5.92 Å². The van der Waals surface area contributed by atoms with Gasteiger partial charge >= 0.3 is 6.03 Å². The number of hydrogen-bond donors (Lipinski definition) is 2. The molecular formula is C15H16N4O2S. The van der Waals surface area contributed by atoms with Gasteiger partial charge in [-0.3, -0.25) is 10.1 Å². The Kier molecular flexibility index (Phi) is 4.43. The van der Waals surface area contributed by atoms with Gasteiger partial charge in [0.25, 0.3) is 0 Å². The van der Waals surface area contributed by atoms with Crippen LogP contribution >= 0.6 is 11.5 Å². The molecule has 1 aliphatic rings. The summed E-state index contributed by atoms with van der Waals surface area (Å²) in [6.45, 7) is 0. The molecule has 7 heteroatoms. The van der Waals surface area contributed by atoms with E-state index in [0.717, 1.165) is 37.2 Å². The molecule has 114 valence electrons. The van der Waals surface area contributed by atoms with Crippen LogP contribution in [0.15, 0.2) is 30.6 Å². The summed E-state index contributed by atoms with van der Waals surface area (Å²) in [4.78, 5) is 28.4. The first-order valence-electron chi connectivity index (χ1n) is 7.22. The predicted octanol–water partition coefficient (Wildman–Crippen LogP) is 3.56. The normalized spacial score (nSPS) is 14.7. The molecule has 0 aliphatic heterocycles. The molecule has 1 aromatic carbocycles. The van der Waals surface area contributed by atoms with Gasteiger partial charge in [-0.05, 0) is 25.0 Å². The minimum atomic E-state index is -0.427. The lowest BCUT2D eigenvalue weighted by Crippen LogP contribution is -2.22. The standard InChI is InChI=1S/C15H16N4O2S/c20-13(10-5-1-2-6-10)11-7-3-4-8-12(11)18-14(21)19-15-16-9-17-22-15/h3-4,7-10H,1-2,5-6H2,(H2,16,17,18,19,21). The van der Waals surface area contributed by atoms with Crippen molar-refractivity contribution in [2.75, 3.05) is 10.6 Å². The maximum atomic E-state index is 12.6.